The normalized spacial score (nSPS) is 12.0. The molecule has 0 atom stereocenters. The molecule has 0 radical (unpaired) electrons. The van der Waals surface area contributed by atoms with Crippen LogP contribution in [0.2, 0.25) is 5.02 Å². The van der Waals surface area contributed by atoms with Crippen molar-refractivity contribution in [3.8, 4) is 10.6 Å². The van der Waals surface area contributed by atoms with Crippen molar-refractivity contribution in [3.63, 3.8) is 0 Å². The Morgan fingerprint density at radius 1 is 1.30 bits per heavy atom. The first kappa shape index (κ1) is 15.4. The molecule has 20 heavy (non-hydrogen) atoms. The highest BCUT2D eigenvalue weighted by atomic mass is 35.5. The Morgan fingerprint density at radius 3 is 2.55 bits per heavy atom. The van der Waals surface area contributed by atoms with E-state index in [2.05, 4.69) is 9.71 Å². The highest BCUT2D eigenvalue weighted by molar-refractivity contribution is 7.87. The number of rotatable bonds is 5. The third kappa shape index (κ3) is 3.77. The van der Waals surface area contributed by atoms with Crippen LogP contribution in [0.15, 0.2) is 30.5 Å². The van der Waals surface area contributed by atoms with Gasteiger partial charge in [0.15, 0.2) is 0 Å². The molecule has 0 unspecified atom stereocenters. The molecule has 0 saturated heterocycles. The van der Waals surface area contributed by atoms with Crippen molar-refractivity contribution in [1.82, 2.24) is 14.0 Å². The summed E-state index contributed by atoms with van der Waals surface area (Å²) in [5.41, 5.74) is 0.959. The molecule has 1 aromatic heterocycles. The summed E-state index contributed by atoms with van der Waals surface area (Å²) in [6.07, 6.45) is 1.67. The van der Waals surface area contributed by atoms with Crippen molar-refractivity contribution in [2.45, 2.75) is 6.54 Å². The first-order valence-corrected chi connectivity index (χ1v) is 8.40. The molecule has 1 heterocycles. The topological polar surface area (TPSA) is 62.3 Å². The van der Waals surface area contributed by atoms with E-state index in [4.69, 9.17) is 11.6 Å². The summed E-state index contributed by atoms with van der Waals surface area (Å²) in [4.78, 5) is 5.14. The highest BCUT2D eigenvalue weighted by Gasteiger charge is 2.13. The quantitative estimate of drug-likeness (QED) is 0.914. The zero-order valence-corrected chi connectivity index (χ0v) is 13.4. The van der Waals surface area contributed by atoms with Crippen LogP contribution in [0.3, 0.4) is 0 Å². The molecule has 1 aromatic carbocycles. The van der Waals surface area contributed by atoms with Gasteiger partial charge in [-0.25, -0.2) is 4.98 Å². The number of nitrogens with one attached hydrogen (secondary N) is 1. The summed E-state index contributed by atoms with van der Waals surface area (Å²) in [5, 5.41) is 1.50. The second-order valence-electron chi connectivity index (χ2n) is 4.25. The standard InChI is InChI=1S/C12H14ClN3O2S2/c1-16(2)20(17,18)15-8-11-7-14-12(19-11)9-3-5-10(13)6-4-9/h3-7,15H,8H2,1-2H3. The Morgan fingerprint density at radius 2 is 1.95 bits per heavy atom. The molecule has 8 heteroatoms. The van der Waals surface area contributed by atoms with Crippen LogP contribution in [0.4, 0.5) is 0 Å². The van der Waals surface area contributed by atoms with Gasteiger partial charge in [-0.05, 0) is 12.1 Å². The maximum Gasteiger partial charge on any atom is 0.279 e. The molecule has 0 aliphatic heterocycles. The lowest BCUT2D eigenvalue weighted by Gasteiger charge is -2.11. The predicted octanol–water partition coefficient (Wildman–Crippen LogP) is 2.36. The Bertz CT molecular complexity index is 681. The van der Waals surface area contributed by atoms with Crippen LogP contribution >= 0.6 is 22.9 Å². The van der Waals surface area contributed by atoms with Crippen molar-refractivity contribution in [2.24, 2.45) is 0 Å². The predicted molar refractivity (Wildman–Crippen MR) is 82.0 cm³/mol. The van der Waals surface area contributed by atoms with Crippen molar-refractivity contribution in [3.05, 3.63) is 40.4 Å². The van der Waals surface area contributed by atoms with E-state index in [-0.39, 0.29) is 6.54 Å². The van der Waals surface area contributed by atoms with Gasteiger partial charge >= 0.3 is 0 Å². The van der Waals surface area contributed by atoms with Gasteiger partial charge in [0.2, 0.25) is 0 Å². The SMILES string of the molecule is CN(C)S(=O)(=O)NCc1cnc(-c2ccc(Cl)cc2)s1. The average Bonchev–Trinajstić information content (AvgIpc) is 2.86. The van der Waals surface area contributed by atoms with E-state index >= 15 is 0 Å². The van der Waals surface area contributed by atoms with E-state index in [9.17, 15) is 8.42 Å². The van der Waals surface area contributed by atoms with Crippen LogP contribution in [0.25, 0.3) is 10.6 Å². The number of nitrogens with zero attached hydrogens (tertiary/aromatic N) is 2. The fourth-order valence-electron chi connectivity index (χ4n) is 1.41. The van der Waals surface area contributed by atoms with Gasteiger partial charge in [0.25, 0.3) is 10.2 Å². The second-order valence-corrected chi connectivity index (χ2v) is 7.77. The largest absolute Gasteiger partial charge is 0.279 e. The van der Waals surface area contributed by atoms with Crippen molar-refractivity contribution >= 4 is 33.1 Å². The third-order valence-electron chi connectivity index (χ3n) is 2.55. The molecular weight excluding hydrogens is 318 g/mol. The maximum atomic E-state index is 11.6. The minimum Gasteiger partial charge on any atom is -0.244 e. The minimum atomic E-state index is -3.41. The molecule has 0 aliphatic rings. The average molecular weight is 332 g/mol. The first-order chi connectivity index (χ1) is 9.38. The van der Waals surface area contributed by atoms with Gasteiger partial charge < -0.3 is 0 Å². The molecule has 0 bridgehead atoms. The molecule has 1 N–H and O–H groups in total. The first-order valence-electron chi connectivity index (χ1n) is 5.76. The Labute approximate surface area is 127 Å². The van der Waals surface area contributed by atoms with E-state index in [0.717, 1.165) is 19.8 Å². The third-order valence-corrected chi connectivity index (χ3v) is 5.32. The summed E-state index contributed by atoms with van der Waals surface area (Å²) < 4.78 is 26.8. The van der Waals surface area contributed by atoms with E-state index in [1.54, 1.807) is 18.3 Å². The second kappa shape index (κ2) is 6.19. The molecular formula is C12H14ClN3O2S2. The van der Waals surface area contributed by atoms with Gasteiger partial charge in [-0.2, -0.15) is 17.4 Å². The molecule has 0 saturated carbocycles. The van der Waals surface area contributed by atoms with E-state index in [0.29, 0.717) is 5.02 Å². The molecule has 0 aliphatic carbocycles. The monoisotopic (exact) mass is 331 g/mol. The Kier molecular flexibility index (Phi) is 4.77. The van der Waals surface area contributed by atoms with Crippen LogP contribution in [0.5, 0.6) is 0 Å². The van der Waals surface area contributed by atoms with Crippen LogP contribution in [0.1, 0.15) is 4.88 Å². The number of benzene rings is 1. The van der Waals surface area contributed by atoms with Crippen molar-refractivity contribution in [2.75, 3.05) is 14.1 Å². The molecule has 108 valence electrons. The smallest absolute Gasteiger partial charge is 0.244 e. The zero-order valence-electron chi connectivity index (χ0n) is 11.0. The minimum absolute atomic E-state index is 0.228. The lowest BCUT2D eigenvalue weighted by molar-refractivity contribution is 0.505. The number of hydrogen-bond donors (Lipinski definition) is 1. The number of thiazole rings is 1. The highest BCUT2D eigenvalue weighted by Crippen LogP contribution is 2.26. The van der Waals surface area contributed by atoms with Crippen LogP contribution < -0.4 is 4.72 Å². The Hall–Kier alpha value is -0.990. The maximum absolute atomic E-state index is 11.6. The van der Waals surface area contributed by atoms with Gasteiger partial charge in [-0.15, -0.1) is 11.3 Å². The van der Waals surface area contributed by atoms with Crippen molar-refractivity contribution in [1.29, 1.82) is 0 Å². The Balaban J connectivity index is 2.08. The summed E-state index contributed by atoms with van der Waals surface area (Å²) in [6.45, 7) is 0.228. The summed E-state index contributed by atoms with van der Waals surface area (Å²) in [6, 6.07) is 7.36. The van der Waals surface area contributed by atoms with E-state index < -0.39 is 10.2 Å². The lowest BCUT2D eigenvalue weighted by atomic mass is 10.2. The van der Waals surface area contributed by atoms with Gasteiger partial charge in [0.05, 0.1) is 0 Å². The number of halogens is 1. The molecule has 2 rings (SSSR count). The number of hydrogen-bond acceptors (Lipinski definition) is 4. The molecule has 2 aromatic rings. The summed E-state index contributed by atoms with van der Waals surface area (Å²) in [7, 11) is -0.452. The van der Waals surface area contributed by atoms with Crippen molar-refractivity contribution < 1.29 is 8.42 Å². The summed E-state index contributed by atoms with van der Waals surface area (Å²) in [5.74, 6) is 0. The van der Waals surface area contributed by atoms with Gasteiger partial charge in [0.1, 0.15) is 5.01 Å². The van der Waals surface area contributed by atoms with Gasteiger partial charge in [-0.1, -0.05) is 23.7 Å². The van der Waals surface area contributed by atoms with Gasteiger partial charge in [0, 0.05) is 42.3 Å². The van der Waals surface area contributed by atoms with Crippen LogP contribution in [0, 0.1) is 0 Å². The van der Waals surface area contributed by atoms with Gasteiger partial charge in [-0.3, -0.25) is 0 Å². The molecule has 0 fully saturated rings. The van der Waals surface area contributed by atoms with E-state index in [1.807, 2.05) is 12.1 Å². The molecule has 0 amide bonds. The summed E-state index contributed by atoms with van der Waals surface area (Å²) >= 11 is 7.28. The van der Waals surface area contributed by atoms with E-state index in [1.165, 1.54) is 25.4 Å². The molecule has 0 spiro atoms. The molecule has 5 nitrogen and oxygen atoms in total. The zero-order chi connectivity index (χ0) is 14.8. The van der Waals surface area contributed by atoms with Crippen LogP contribution in [-0.2, 0) is 16.8 Å². The number of aromatic nitrogens is 1. The lowest BCUT2D eigenvalue weighted by Crippen LogP contribution is -2.34. The van der Waals surface area contributed by atoms with Crippen LogP contribution in [-0.4, -0.2) is 31.8 Å². The fraction of sp³-hybridized carbons (Fsp3) is 0.250. The fourth-order valence-corrected chi connectivity index (χ4v) is 3.08.